The van der Waals surface area contributed by atoms with Crippen LogP contribution in [0.3, 0.4) is 0 Å². The molecule has 1 aliphatic carbocycles. The van der Waals surface area contributed by atoms with Gasteiger partial charge < -0.3 is 10.5 Å². The standard InChI is InChI=1S/C13H17ClN2O/c1-15-13(9-5-4-8-12(13)16-17)10-6-2-3-7-11(10)14/h2-3,6-7,15,17H,4-5,8-9H2,1H3/b16-12-. The van der Waals surface area contributed by atoms with Crippen LogP contribution < -0.4 is 5.32 Å². The predicted molar refractivity (Wildman–Crippen MR) is 69.9 cm³/mol. The minimum Gasteiger partial charge on any atom is -0.411 e. The lowest BCUT2D eigenvalue weighted by Crippen LogP contribution is -2.49. The Morgan fingerprint density at radius 2 is 2.12 bits per heavy atom. The highest BCUT2D eigenvalue weighted by Crippen LogP contribution is 2.38. The number of nitrogens with zero attached hydrogens (tertiary/aromatic N) is 1. The number of oxime groups is 1. The van der Waals surface area contributed by atoms with E-state index in [2.05, 4.69) is 10.5 Å². The van der Waals surface area contributed by atoms with Gasteiger partial charge in [0.1, 0.15) is 0 Å². The zero-order valence-electron chi connectivity index (χ0n) is 9.91. The molecular weight excluding hydrogens is 236 g/mol. The Kier molecular flexibility index (Phi) is 3.69. The predicted octanol–water partition coefficient (Wildman–Crippen LogP) is 3.16. The van der Waals surface area contributed by atoms with E-state index < -0.39 is 5.54 Å². The molecule has 1 aliphatic rings. The maximum absolute atomic E-state index is 9.21. The van der Waals surface area contributed by atoms with E-state index in [1.165, 1.54) is 0 Å². The summed E-state index contributed by atoms with van der Waals surface area (Å²) in [6.07, 6.45) is 3.88. The Morgan fingerprint density at radius 3 is 2.76 bits per heavy atom. The monoisotopic (exact) mass is 252 g/mol. The third kappa shape index (κ3) is 2.05. The highest BCUT2D eigenvalue weighted by Gasteiger charge is 2.39. The zero-order chi connectivity index (χ0) is 12.3. The van der Waals surface area contributed by atoms with Crippen molar-refractivity contribution in [2.45, 2.75) is 31.2 Å². The van der Waals surface area contributed by atoms with Crippen molar-refractivity contribution in [3.8, 4) is 0 Å². The molecule has 0 amide bonds. The largest absolute Gasteiger partial charge is 0.411 e. The average Bonchev–Trinajstić information content (AvgIpc) is 2.39. The molecule has 2 rings (SSSR count). The van der Waals surface area contributed by atoms with Gasteiger partial charge in [0.15, 0.2) is 0 Å². The fourth-order valence-corrected chi connectivity index (χ4v) is 2.97. The molecule has 0 radical (unpaired) electrons. The third-order valence-corrected chi connectivity index (χ3v) is 3.92. The van der Waals surface area contributed by atoms with Gasteiger partial charge in [0.05, 0.1) is 11.3 Å². The molecule has 17 heavy (non-hydrogen) atoms. The maximum atomic E-state index is 9.21. The lowest BCUT2D eigenvalue weighted by atomic mass is 9.75. The van der Waals surface area contributed by atoms with Crippen LogP contribution in [-0.4, -0.2) is 18.0 Å². The van der Waals surface area contributed by atoms with E-state index in [0.29, 0.717) is 5.02 Å². The number of hydrogen-bond acceptors (Lipinski definition) is 3. The first-order chi connectivity index (χ1) is 8.24. The van der Waals surface area contributed by atoms with Crippen molar-refractivity contribution in [2.24, 2.45) is 5.16 Å². The van der Waals surface area contributed by atoms with E-state index in [1.807, 2.05) is 31.3 Å². The fourth-order valence-electron chi connectivity index (χ4n) is 2.68. The Labute approximate surface area is 106 Å². The van der Waals surface area contributed by atoms with Crippen LogP contribution >= 0.6 is 11.6 Å². The first-order valence-electron chi connectivity index (χ1n) is 5.90. The van der Waals surface area contributed by atoms with Crippen molar-refractivity contribution < 1.29 is 5.21 Å². The van der Waals surface area contributed by atoms with Gasteiger partial charge in [0.25, 0.3) is 0 Å². The lowest BCUT2D eigenvalue weighted by molar-refractivity contribution is 0.296. The molecule has 0 aliphatic heterocycles. The summed E-state index contributed by atoms with van der Waals surface area (Å²) < 4.78 is 0. The van der Waals surface area contributed by atoms with Gasteiger partial charge in [-0.3, -0.25) is 0 Å². The second-order valence-corrected chi connectivity index (χ2v) is 4.80. The molecule has 1 atom stereocenters. The number of halogens is 1. The van der Waals surface area contributed by atoms with E-state index in [9.17, 15) is 5.21 Å². The van der Waals surface area contributed by atoms with Gasteiger partial charge in [0, 0.05) is 5.02 Å². The first kappa shape index (κ1) is 12.4. The Bertz CT molecular complexity index is 433. The molecule has 3 nitrogen and oxygen atoms in total. The summed E-state index contributed by atoms with van der Waals surface area (Å²) in [7, 11) is 1.89. The van der Waals surface area contributed by atoms with Crippen molar-refractivity contribution in [1.29, 1.82) is 0 Å². The van der Waals surface area contributed by atoms with E-state index >= 15 is 0 Å². The first-order valence-corrected chi connectivity index (χ1v) is 6.28. The number of nitrogens with one attached hydrogen (secondary N) is 1. The van der Waals surface area contributed by atoms with Gasteiger partial charge in [0.2, 0.25) is 0 Å². The van der Waals surface area contributed by atoms with Crippen LogP contribution in [-0.2, 0) is 5.54 Å². The van der Waals surface area contributed by atoms with Crippen LogP contribution in [0, 0.1) is 0 Å². The van der Waals surface area contributed by atoms with Gasteiger partial charge in [-0.1, -0.05) is 41.4 Å². The summed E-state index contributed by atoms with van der Waals surface area (Å²) in [5.74, 6) is 0. The summed E-state index contributed by atoms with van der Waals surface area (Å²) in [5.41, 5.74) is 1.36. The van der Waals surface area contributed by atoms with Crippen LogP contribution in [0.5, 0.6) is 0 Å². The van der Waals surface area contributed by atoms with Crippen molar-refractivity contribution in [1.82, 2.24) is 5.32 Å². The highest BCUT2D eigenvalue weighted by molar-refractivity contribution is 6.31. The van der Waals surface area contributed by atoms with Crippen LogP contribution in [0.15, 0.2) is 29.4 Å². The van der Waals surface area contributed by atoms with Crippen molar-refractivity contribution in [3.05, 3.63) is 34.9 Å². The Morgan fingerprint density at radius 1 is 1.35 bits per heavy atom. The van der Waals surface area contributed by atoms with Crippen LogP contribution in [0.4, 0.5) is 0 Å². The van der Waals surface area contributed by atoms with E-state index in [1.54, 1.807) is 0 Å². The Balaban J connectivity index is 2.53. The molecule has 0 heterocycles. The molecule has 4 heteroatoms. The zero-order valence-corrected chi connectivity index (χ0v) is 10.7. The summed E-state index contributed by atoms with van der Waals surface area (Å²) in [5, 5.41) is 16.7. The lowest BCUT2D eigenvalue weighted by Gasteiger charge is -2.38. The Hall–Kier alpha value is -1.06. The molecule has 1 saturated carbocycles. The summed E-state index contributed by atoms with van der Waals surface area (Å²) >= 11 is 6.27. The van der Waals surface area contributed by atoms with Crippen LogP contribution in [0.25, 0.3) is 0 Å². The third-order valence-electron chi connectivity index (χ3n) is 3.59. The van der Waals surface area contributed by atoms with Gasteiger partial charge in [-0.15, -0.1) is 0 Å². The molecule has 2 N–H and O–H groups in total. The molecule has 92 valence electrons. The normalized spacial score (nSPS) is 27.3. The van der Waals surface area contributed by atoms with Gasteiger partial charge in [-0.25, -0.2) is 0 Å². The van der Waals surface area contributed by atoms with Gasteiger partial charge in [-0.2, -0.15) is 0 Å². The number of hydrogen-bond donors (Lipinski definition) is 2. The fraction of sp³-hybridized carbons (Fsp3) is 0.462. The summed E-state index contributed by atoms with van der Waals surface area (Å²) in [4.78, 5) is 0. The average molecular weight is 253 g/mol. The topological polar surface area (TPSA) is 44.6 Å². The van der Waals surface area contributed by atoms with E-state index in [-0.39, 0.29) is 0 Å². The van der Waals surface area contributed by atoms with Crippen LogP contribution in [0.2, 0.25) is 5.02 Å². The minimum atomic E-state index is -0.411. The van der Waals surface area contributed by atoms with Crippen molar-refractivity contribution >= 4 is 17.3 Å². The molecule has 0 aromatic heterocycles. The minimum absolute atomic E-state index is 0.411. The smallest absolute Gasteiger partial charge is 0.0869 e. The molecule has 1 unspecified atom stereocenters. The van der Waals surface area contributed by atoms with Crippen molar-refractivity contribution in [3.63, 3.8) is 0 Å². The van der Waals surface area contributed by atoms with Gasteiger partial charge in [-0.05, 0) is 37.9 Å². The molecule has 0 saturated heterocycles. The quantitative estimate of drug-likeness (QED) is 0.627. The maximum Gasteiger partial charge on any atom is 0.0869 e. The van der Waals surface area contributed by atoms with Gasteiger partial charge >= 0.3 is 0 Å². The van der Waals surface area contributed by atoms with Crippen molar-refractivity contribution in [2.75, 3.05) is 7.05 Å². The molecule has 0 spiro atoms. The SMILES string of the molecule is CNC1(c2ccccc2Cl)CCCC/C1=N/O. The molecule has 0 bridgehead atoms. The number of benzene rings is 1. The van der Waals surface area contributed by atoms with E-state index in [0.717, 1.165) is 37.0 Å². The van der Waals surface area contributed by atoms with Crippen LogP contribution in [0.1, 0.15) is 31.2 Å². The molecule has 1 aromatic carbocycles. The molecule has 1 fully saturated rings. The van der Waals surface area contributed by atoms with E-state index in [4.69, 9.17) is 11.6 Å². The molecule has 1 aromatic rings. The highest BCUT2D eigenvalue weighted by atomic mass is 35.5. The summed E-state index contributed by atoms with van der Waals surface area (Å²) in [6.45, 7) is 0. The second-order valence-electron chi connectivity index (χ2n) is 4.39. The second kappa shape index (κ2) is 5.07. The summed E-state index contributed by atoms with van der Waals surface area (Å²) in [6, 6.07) is 7.74. The molecular formula is C13H17ClN2O. The number of rotatable bonds is 2.